The number of fused-ring (bicyclic) bond motifs is 4. The number of hydrogen-bond acceptors (Lipinski definition) is 6. The summed E-state index contributed by atoms with van der Waals surface area (Å²) >= 11 is 0. The van der Waals surface area contributed by atoms with Crippen molar-refractivity contribution in [1.29, 1.82) is 0 Å². The molecule has 1 aliphatic heterocycles. The van der Waals surface area contributed by atoms with Crippen molar-refractivity contribution in [2.24, 2.45) is 0 Å². The first-order chi connectivity index (χ1) is 16.5. The van der Waals surface area contributed by atoms with Crippen LogP contribution < -0.4 is 10.2 Å². The molecule has 1 aromatic carbocycles. The van der Waals surface area contributed by atoms with Crippen molar-refractivity contribution in [2.75, 3.05) is 7.11 Å². The topological polar surface area (TPSA) is 113 Å². The van der Waals surface area contributed by atoms with Crippen LogP contribution >= 0.6 is 0 Å². The smallest absolute Gasteiger partial charge is 0.435 e. The van der Waals surface area contributed by atoms with Gasteiger partial charge in [0.15, 0.2) is 5.43 Å². The third-order valence-corrected chi connectivity index (χ3v) is 6.77. The molecule has 0 saturated heterocycles. The van der Waals surface area contributed by atoms with E-state index in [0.29, 0.717) is 23.4 Å². The summed E-state index contributed by atoms with van der Waals surface area (Å²) < 4.78 is 14.2. The quantitative estimate of drug-likeness (QED) is 0.598. The highest BCUT2D eigenvalue weighted by molar-refractivity contribution is 5.88. The Hall–Kier alpha value is -3.88. The average molecular weight is 478 g/mol. The highest BCUT2D eigenvalue weighted by Gasteiger charge is 2.43. The fraction of sp³-hybridized carbons (Fsp3) is 0.385. The lowest BCUT2D eigenvalue weighted by atomic mass is 9.69. The Morgan fingerprint density at radius 3 is 2.46 bits per heavy atom. The van der Waals surface area contributed by atoms with Gasteiger partial charge in [0.25, 0.3) is 0 Å². The van der Waals surface area contributed by atoms with Gasteiger partial charge in [-0.05, 0) is 64.2 Å². The molecule has 5 rings (SSSR count). The number of nitrogens with zero attached hydrogens (tertiary/aromatic N) is 3. The minimum absolute atomic E-state index is 0.221. The van der Waals surface area contributed by atoms with Crippen molar-refractivity contribution in [2.45, 2.75) is 57.6 Å². The monoisotopic (exact) mass is 477 g/mol. The van der Waals surface area contributed by atoms with E-state index in [0.717, 1.165) is 40.6 Å². The zero-order valence-electron chi connectivity index (χ0n) is 20.1. The van der Waals surface area contributed by atoms with E-state index >= 15 is 0 Å². The van der Waals surface area contributed by atoms with Crippen LogP contribution in [0.3, 0.4) is 0 Å². The fourth-order valence-electron chi connectivity index (χ4n) is 5.01. The molecule has 182 valence electrons. The molecule has 0 atom stereocenters. The molecule has 0 amide bonds. The molecule has 9 heteroatoms. The Kier molecular flexibility index (Phi) is 5.12. The van der Waals surface area contributed by atoms with E-state index in [1.807, 2.05) is 16.7 Å². The molecular formula is C26H27N3O6. The normalized spacial score (nSPS) is 15.7. The molecule has 2 aromatic heterocycles. The summed E-state index contributed by atoms with van der Waals surface area (Å²) in [5.41, 5.74) is 2.38. The molecular weight excluding hydrogens is 450 g/mol. The molecule has 1 saturated carbocycles. The summed E-state index contributed by atoms with van der Waals surface area (Å²) in [6.07, 6.45) is 7.66. The number of carbonyl (C=O) groups is 2. The van der Waals surface area contributed by atoms with E-state index < -0.39 is 23.1 Å². The van der Waals surface area contributed by atoms with Gasteiger partial charge in [-0.15, -0.1) is 0 Å². The number of carboxylic acid groups (broad SMARTS) is 1. The van der Waals surface area contributed by atoms with Crippen molar-refractivity contribution in [3.05, 3.63) is 58.1 Å². The fourth-order valence-corrected chi connectivity index (χ4v) is 5.01. The minimum atomic E-state index is -1.22. The molecule has 0 unspecified atom stereocenters. The maximum Gasteiger partial charge on any atom is 0.435 e. The molecule has 0 bridgehead atoms. The zero-order valence-corrected chi connectivity index (χ0v) is 20.1. The first-order valence-corrected chi connectivity index (χ1v) is 11.5. The van der Waals surface area contributed by atoms with E-state index in [9.17, 15) is 19.5 Å². The van der Waals surface area contributed by atoms with Gasteiger partial charge in [0.05, 0.1) is 19.0 Å². The van der Waals surface area contributed by atoms with Gasteiger partial charge in [0.2, 0.25) is 0 Å². The Morgan fingerprint density at radius 1 is 1.11 bits per heavy atom. The highest BCUT2D eigenvalue weighted by atomic mass is 16.6. The van der Waals surface area contributed by atoms with Gasteiger partial charge in [0.1, 0.15) is 16.9 Å². The summed E-state index contributed by atoms with van der Waals surface area (Å²) in [6.45, 7) is 5.38. The number of aromatic nitrogens is 3. The minimum Gasteiger partial charge on any atom is -0.496 e. The van der Waals surface area contributed by atoms with Crippen LogP contribution in [0.4, 0.5) is 4.79 Å². The van der Waals surface area contributed by atoms with Crippen molar-refractivity contribution in [3.63, 3.8) is 0 Å². The number of benzene rings is 1. The van der Waals surface area contributed by atoms with Crippen molar-refractivity contribution in [3.8, 4) is 28.1 Å². The van der Waals surface area contributed by atoms with Crippen LogP contribution in [-0.2, 0) is 16.7 Å². The predicted molar refractivity (Wildman–Crippen MR) is 128 cm³/mol. The first kappa shape index (κ1) is 22.9. The number of methoxy groups -OCH3 is 1. The molecule has 3 heterocycles. The summed E-state index contributed by atoms with van der Waals surface area (Å²) in [5.74, 6) is -0.668. The Labute approximate surface area is 201 Å². The number of carbonyl (C=O) groups excluding carboxylic acids is 1. The summed E-state index contributed by atoms with van der Waals surface area (Å²) in [7, 11) is 1.56. The largest absolute Gasteiger partial charge is 0.496 e. The molecule has 1 N–H and O–H groups in total. The van der Waals surface area contributed by atoms with Crippen LogP contribution in [0.2, 0.25) is 0 Å². The predicted octanol–water partition coefficient (Wildman–Crippen LogP) is 4.30. The van der Waals surface area contributed by atoms with Gasteiger partial charge < -0.3 is 19.1 Å². The maximum atomic E-state index is 12.6. The van der Waals surface area contributed by atoms with Gasteiger partial charge in [-0.2, -0.15) is 9.78 Å². The highest BCUT2D eigenvalue weighted by Crippen LogP contribution is 2.50. The van der Waals surface area contributed by atoms with E-state index in [4.69, 9.17) is 9.47 Å². The van der Waals surface area contributed by atoms with Crippen LogP contribution in [0.15, 0.2) is 41.6 Å². The number of carboxylic acids is 1. The lowest BCUT2D eigenvalue weighted by Crippen LogP contribution is -2.46. The van der Waals surface area contributed by atoms with Crippen molar-refractivity contribution < 1.29 is 24.2 Å². The Morgan fingerprint density at radius 2 is 1.86 bits per heavy atom. The van der Waals surface area contributed by atoms with Gasteiger partial charge in [-0.25, -0.2) is 9.59 Å². The van der Waals surface area contributed by atoms with Gasteiger partial charge in [-0.3, -0.25) is 4.79 Å². The third-order valence-electron chi connectivity index (χ3n) is 6.77. The van der Waals surface area contributed by atoms with Gasteiger partial charge in [0, 0.05) is 40.7 Å². The lowest BCUT2D eigenvalue weighted by molar-refractivity contribution is 0.0514. The summed E-state index contributed by atoms with van der Waals surface area (Å²) in [5, 5.41) is 13.7. The number of ether oxygens (including phenoxy) is 2. The molecule has 1 fully saturated rings. The van der Waals surface area contributed by atoms with E-state index in [-0.39, 0.29) is 11.1 Å². The molecule has 35 heavy (non-hydrogen) atoms. The second-order valence-corrected chi connectivity index (χ2v) is 10.2. The summed E-state index contributed by atoms with van der Waals surface area (Å²) in [4.78, 5) is 36.7. The summed E-state index contributed by atoms with van der Waals surface area (Å²) in [6, 6.07) is 5.30. The maximum absolute atomic E-state index is 12.6. The van der Waals surface area contributed by atoms with Crippen molar-refractivity contribution in [1.82, 2.24) is 14.3 Å². The molecule has 1 aliphatic carbocycles. The first-order valence-electron chi connectivity index (χ1n) is 11.5. The van der Waals surface area contributed by atoms with Crippen LogP contribution in [0, 0.1) is 0 Å². The lowest BCUT2D eigenvalue weighted by Gasteiger charge is -2.48. The van der Waals surface area contributed by atoms with Crippen molar-refractivity contribution >= 4 is 12.1 Å². The zero-order chi connectivity index (χ0) is 25.1. The average Bonchev–Trinajstić information content (AvgIpc) is 3.25. The van der Waals surface area contributed by atoms with Crippen LogP contribution in [0.1, 0.15) is 56.0 Å². The molecule has 0 radical (unpaired) electrons. The second-order valence-electron chi connectivity index (χ2n) is 10.2. The van der Waals surface area contributed by atoms with Crippen LogP contribution in [0.25, 0.3) is 22.4 Å². The van der Waals surface area contributed by atoms with Crippen LogP contribution in [0.5, 0.6) is 5.75 Å². The number of aromatic carboxylic acids is 1. The Balaban J connectivity index is 1.62. The van der Waals surface area contributed by atoms with E-state index in [2.05, 4.69) is 5.10 Å². The van der Waals surface area contributed by atoms with Gasteiger partial charge >= 0.3 is 12.1 Å². The molecule has 3 aromatic rings. The SMILES string of the molecule is COc1cc2c(cc1-c1cnn(C(=O)OC(C)(C)C)c1)CC1(CCC1)n1cc(C(=O)O)c(=O)cc1-2. The second kappa shape index (κ2) is 7.83. The third kappa shape index (κ3) is 3.80. The standard InChI is InChI=1S/C26H27N3O6/c1-25(2,3)35-24(33)29-13-16(12-27-29)18-8-15-11-26(6-5-7-26)28-14-19(23(31)32)21(30)10-20(28)17(15)9-22(18)34-4/h8-10,12-14H,5-7,11H2,1-4H3,(H,31,32). The van der Waals surface area contributed by atoms with Crippen LogP contribution in [-0.4, -0.2) is 44.2 Å². The Bertz CT molecular complexity index is 1420. The number of rotatable bonds is 3. The molecule has 9 nitrogen and oxygen atoms in total. The van der Waals surface area contributed by atoms with Gasteiger partial charge in [-0.1, -0.05) is 0 Å². The number of pyridine rings is 1. The van der Waals surface area contributed by atoms with E-state index in [1.165, 1.54) is 12.3 Å². The number of hydrogen-bond donors (Lipinski definition) is 1. The van der Waals surface area contributed by atoms with E-state index in [1.54, 1.807) is 40.3 Å². The molecule has 2 aliphatic rings. The molecule has 1 spiro atoms.